The topological polar surface area (TPSA) is 59.6 Å². The Morgan fingerprint density at radius 2 is 2.00 bits per heavy atom. The lowest BCUT2D eigenvalue weighted by molar-refractivity contribution is 0.179. The maximum Gasteiger partial charge on any atom is 0.188 e. The Balaban J connectivity index is 2.07. The maximum absolute atomic E-state index is 6.02. The van der Waals surface area contributed by atoms with Crippen LogP contribution >= 0.6 is 15.9 Å². The molecule has 0 bridgehead atoms. The molecule has 1 aliphatic carbocycles. The van der Waals surface area contributed by atoms with Gasteiger partial charge in [-0.2, -0.15) is 0 Å². The van der Waals surface area contributed by atoms with E-state index in [1.807, 2.05) is 6.92 Å². The highest BCUT2D eigenvalue weighted by Gasteiger charge is 2.35. The van der Waals surface area contributed by atoms with Crippen molar-refractivity contribution in [1.82, 2.24) is 5.32 Å². The highest BCUT2D eigenvalue weighted by molar-refractivity contribution is 9.10. The number of methoxy groups -OCH3 is 1. The highest BCUT2D eigenvalue weighted by atomic mass is 79.9. The average molecular weight is 368 g/mol. The second-order valence-electron chi connectivity index (χ2n) is 6.20. The van der Waals surface area contributed by atoms with Crippen molar-refractivity contribution in [2.24, 2.45) is 10.7 Å². The molecular formula is C17H26BrN3O. The minimum Gasteiger partial charge on any atom is -0.383 e. The summed E-state index contributed by atoms with van der Waals surface area (Å²) in [5.74, 6) is 0.507. The van der Waals surface area contributed by atoms with E-state index >= 15 is 0 Å². The van der Waals surface area contributed by atoms with Crippen molar-refractivity contribution in [3.05, 3.63) is 34.3 Å². The molecule has 122 valence electrons. The summed E-state index contributed by atoms with van der Waals surface area (Å²) >= 11 is 3.51. The summed E-state index contributed by atoms with van der Waals surface area (Å²) in [6, 6.07) is 8.81. The van der Waals surface area contributed by atoms with Gasteiger partial charge in [0.25, 0.3) is 0 Å². The number of benzene rings is 1. The largest absolute Gasteiger partial charge is 0.383 e. The Labute approximate surface area is 141 Å². The van der Waals surface area contributed by atoms with E-state index in [1.165, 1.54) is 31.2 Å². The zero-order valence-electron chi connectivity index (χ0n) is 13.4. The number of nitrogens with two attached hydrogens (primary N) is 1. The van der Waals surface area contributed by atoms with Crippen LogP contribution in [0.3, 0.4) is 0 Å². The molecule has 2 rings (SSSR count). The van der Waals surface area contributed by atoms with Gasteiger partial charge in [-0.1, -0.05) is 40.9 Å². The Kier molecular flexibility index (Phi) is 6.26. The molecule has 1 aromatic carbocycles. The number of hydrogen-bond donors (Lipinski definition) is 2. The van der Waals surface area contributed by atoms with Crippen molar-refractivity contribution in [3.63, 3.8) is 0 Å². The molecular weight excluding hydrogens is 342 g/mol. The van der Waals surface area contributed by atoms with Gasteiger partial charge < -0.3 is 15.8 Å². The molecule has 1 aliphatic rings. The third-order valence-corrected chi connectivity index (χ3v) is 4.91. The van der Waals surface area contributed by atoms with Gasteiger partial charge in [-0.05, 0) is 37.5 Å². The fourth-order valence-corrected chi connectivity index (χ4v) is 3.48. The van der Waals surface area contributed by atoms with Gasteiger partial charge in [0.05, 0.1) is 13.2 Å². The van der Waals surface area contributed by atoms with Gasteiger partial charge >= 0.3 is 0 Å². The van der Waals surface area contributed by atoms with Gasteiger partial charge in [-0.15, -0.1) is 0 Å². The zero-order valence-corrected chi connectivity index (χ0v) is 15.0. The van der Waals surface area contributed by atoms with E-state index in [4.69, 9.17) is 10.5 Å². The van der Waals surface area contributed by atoms with E-state index in [1.54, 1.807) is 7.11 Å². The standard InChI is InChI=1S/C17H26BrN3O/c1-13(11-22-2)21-16(19)20-12-17(9-3-4-10-17)14-5-7-15(18)8-6-14/h5-8,13H,3-4,9-12H2,1-2H3,(H3,19,20,21). The SMILES string of the molecule is COCC(C)NC(N)=NCC1(c2ccc(Br)cc2)CCCC1. The van der Waals surface area contributed by atoms with E-state index in [-0.39, 0.29) is 11.5 Å². The molecule has 0 heterocycles. The number of ether oxygens (including phenoxy) is 1. The lowest BCUT2D eigenvalue weighted by atomic mass is 9.79. The molecule has 0 radical (unpaired) electrons. The van der Waals surface area contributed by atoms with Crippen LogP contribution in [0.5, 0.6) is 0 Å². The van der Waals surface area contributed by atoms with Gasteiger partial charge in [0.2, 0.25) is 0 Å². The van der Waals surface area contributed by atoms with Crippen LogP contribution in [0.15, 0.2) is 33.7 Å². The van der Waals surface area contributed by atoms with Crippen LogP contribution in [0.4, 0.5) is 0 Å². The quantitative estimate of drug-likeness (QED) is 0.599. The van der Waals surface area contributed by atoms with E-state index < -0.39 is 0 Å². The predicted molar refractivity (Wildman–Crippen MR) is 95.3 cm³/mol. The Morgan fingerprint density at radius 1 is 1.36 bits per heavy atom. The van der Waals surface area contributed by atoms with E-state index in [9.17, 15) is 0 Å². The van der Waals surface area contributed by atoms with Gasteiger partial charge in [-0.25, -0.2) is 0 Å². The Bertz CT molecular complexity index is 495. The van der Waals surface area contributed by atoms with E-state index in [0.29, 0.717) is 12.6 Å². The van der Waals surface area contributed by atoms with Gasteiger partial charge in [0.1, 0.15) is 0 Å². The number of guanidine groups is 1. The molecule has 1 fully saturated rings. The summed E-state index contributed by atoms with van der Waals surface area (Å²) < 4.78 is 6.22. The van der Waals surface area contributed by atoms with E-state index in [0.717, 1.165) is 11.0 Å². The van der Waals surface area contributed by atoms with E-state index in [2.05, 4.69) is 50.5 Å². The molecule has 4 nitrogen and oxygen atoms in total. The first-order chi connectivity index (χ1) is 10.6. The fourth-order valence-electron chi connectivity index (χ4n) is 3.22. The van der Waals surface area contributed by atoms with Crippen LogP contribution in [0.25, 0.3) is 0 Å². The molecule has 0 saturated heterocycles. The third kappa shape index (κ3) is 4.46. The molecule has 1 atom stereocenters. The summed E-state index contributed by atoms with van der Waals surface area (Å²) in [6.07, 6.45) is 4.88. The first-order valence-corrected chi connectivity index (χ1v) is 8.66. The smallest absolute Gasteiger partial charge is 0.188 e. The van der Waals surface area contributed by atoms with Crippen LogP contribution < -0.4 is 11.1 Å². The number of hydrogen-bond acceptors (Lipinski definition) is 2. The summed E-state index contributed by atoms with van der Waals surface area (Å²) in [7, 11) is 1.69. The molecule has 1 unspecified atom stereocenters. The molecule has 0 amide bonds. The number of nitrogens with one attached hydrogen (secondary N) is 1. The monoisotopic (exact) mass is 367 g/mol. The number of aliphatic imine (C=N–C) groups is 1. The number of halogens is 1. The van der Waals surface area contributed by atoms with Gasteiger partial charge in [0.15, 0.2) is 5.96 Å². The summed E-state index contributed by atoms with van der Waals surface area (Å²) in [5.41, 5.74) is 7.53. The molecule has 0 aromatic heterocycles. The zero-order chi connectivity index (χ0) is 16.0. The van der Waals surface area contributed by atoms with Crippen molar-refractivity contribution in [3.8, 4) is 0 Å². The van der Waals surface area contributed by atoms with Gasteiger partial charge in [-0.3, -0.25) is 4.99 Å². The van der Waals surface area contributed by atoms with Crippen molar-refractivity contribution < 1.29 is 4.74 Å². The van der Waals surface area contributed by atoms with Crippen LogP contribution in [0, 0.1) is 0 Å². The van der Waals surface area contributed by atoms with Gasteiger partial charge in [0, 0.05) is 23.0 Å². The second-order valence-corrected chi connectivity index (χ2v) is 7.11. The van der Waals surface area contributed by atoms with Crippen LogP contribution in [0.1, 0.15) is 38.2 Å². The molecule has 1 saturated carbocycles. The number of nitrogens with zero attached hydrogens (tertiary/aromatic N) is 1. The third-order valence-electron chi connectivity index (χ3n) is 4.38. The molecule has 1 aromatic rings. The van der Waals surface area contributed by atoms with Crippen molar-refractivity contribution in [2.75, 3.05) is 20.3 Å². The lowest BCUT2D eigenvalue weighted by Gasteiger charge is -2.28. The summed E-state index contributed by atoms with van der Waals surface area (Å²) in [4.78, 5) is 4.62. The first-order valence-electron chi connectivity index (χ1n) is 7.87. The second kappa shape index (κ2) is 7.97. The summed E-state index contributed by atoms with van der Waals surface area (Å²) in [6.45, 7) is 3.40. The minimum atomic E-state index is 0.136. The molecule has 22 heavy (non-hydrogen) atoms. The molecule has 5 heteroatoms. The Morgan fingerprint density at radius 3 is 2.59 bits per heavy atom. The predicted octanol–water partition coefficient (Wildman–Crippen LogP) is 3.20. The van der Waals surface area contributed by atoms with Crippen molar-refractivity contribution in [2.45, 2.75) is 44.1 Å². The molecule has 0 spiro atoms. The molecule has 0 aliphatic heterocycles. The summed E-state index contributed by atoms with van der Waals surface area (Å²) in [5, 5.41) is 3.18. The first kappa shape index (κ1) is 17.3. The van der Waals surface area contributed by atoms with Crippen LogP contribution in [-0.2, 0) is 10.2 Å². The van der Waals surface area contributed by atoms with Crippen LogP contribution in [0.2, 0.25) is 0 Å². The Hall–Kier alpha value is -1.07. The van der Waals surface area contributed by atoms with Crippen molar-refractivity contribution >= 4 is 21.9 Å². The highest BCUT2D eigenvalue weighted by Crippen LogP contribution is 2.41. The fraction of sp³-hybridized carbons (Fsp3) is 0.588. The minimum absolute atomic E-state index is 0.136. The number of rotatable bonds is 6. The average Bonchev–Trinajstić information content (AvgIpc) is 2.96. The molecule has 3 N–H and O–H groups in total. The van der Waals surface area contributed by atoms with Crippen LogP contribution in [-0.4, -0.2) is 32.3 Å². The lowest BCUT2D eigenvalue weighted by Crippen LogP contribution is -2.41. The maximum atomic E-state index is 6.02. The van der Waals surface area contributed by atoms with Crippen molar-refractivity contribution in [1.29, 1.82) is 0 Å². The normalized spacial score (nSPS) is 19.1.